The Kier molecular flexibility index (Phi) is 4.19. The summed E-state index contributed by atoms with van der Waals surface area (Å²) in [4.78, 5) is 10.9. The smallest absolute Gasteiger partial charge is 0.263 e. The van der Waals surface area contributed by atoms with Crippen LogP contribution < -0.4 is 16.2 Å². The molecular weight excluding hydrogens is 358 g/mol. The fourth-order valence-electron chi connectivity index (χ4n) is 1.65. The molecule has 0 heterocycles. The van der Waals surface area contributed by atoms with E-state index in [1.54, 1.807) is 6.07 Å². The molecule has 21 heavy (non-hydrogen) atoms. The molecule has 0 aliphatic heterocycles. The molecular formula is C13H12BrN3O3S. The van der Waals surface area contributed by atoms with E-state index < -0.39 is 15.9 Å². The van der Waals surface area contributed by atoms with Crippen molar-refractivity contribution >= 4 is 43.2 Å². The van der Waals surface area contributed by atoms with Gasteiger partial charge in [-0.25, -0.2) is 8.42 Å². The van der Waals surface area contributed by atoms with Crippen LogP contribution in [0.4, 0.5) is 11.4 Å². The SMILES string of the molecule is NC(=O)c1ccc(NS(=O)(=O)c2cc(Br)ccc2N)cc1. The van der Waals surface area contributed by atoms with Crippen molar-refractivity contribution in [3.05, 3.63) is 52.5 Å². The van der Waals surface area contributed by atoms with Gasteiger partial charge >= 0.3 is 0 Å². The molecule has 1 amide bonds. The van der Waals surface area contributed by atoms with Gasteiger partial charge in [0, 0.05) is 15.7 Å². The molecule has 0 aromatic heterocycles. The summed E-state index contributed by atoms with van der Waals surface area (Å²) in [6.45, 7) is 0. The first-order valence-electron chi connectivity index (χ1n) is 5.77. The van der Waals surface area contributed by atoms with Crippen LogP contribution in [-0.2, 0) is 10.0 Å². The van der Waals surface area contributed by atoms with Gasteiger partial charge in [0.2, 0.25) is 5.91 Å². The lowest BCUT2D eigenvalue weighted by Crippen LogP contribution is -2.15. The average Bonchev–Trinajstić information content (AvgIpc) is 2.41. The molecule has 0 radical (unpaired) electrons. The predicted molar refractivity (Wildman–Crippen MR) is 84.3 cm³/mol. The zero-order chi connectivity index (χ0) is 15.6. The van der Waals surface area contributed by atoms with Gasteiger partial charge in [-0.3, -0.25) is 9.52 Å². The molecule has 2 aromatic carbocycles. The Morgan fingerprint density at radius 2 is 1.71 bits per heavy atom. The van der Waals surface area contributed by atoms with Crippen LogP contribution in [0.25, 0.3) is 0 Å². The zero-order valence-corrected chi connectivity index (χ0v) is 13.1. The lowest BCUT2D eigenvalue weighted by atomic mass is 10.2. The first kappa shape index (κ1) is 15.3. The van der Waals surface area contributed by atoms with Crippen molar-refractivity contribution in [1.82, 2.24) is 0 Å². The Bertz CT molecular complexity index is 789. The van der Waals surface area contributed by atoms with Crippen molar-refractivity contribution in [2.45, 2.75) is 4.90 Å². The molecule has 0 bridgehead atoms. The van der Waals surface area contributed by atoms with Crippen LogP contribution >= 0.6 is 15.9 Å². The molecule has 0 unspecified atom stereocenters. The quantitative estimate of drug-likeness (QED) is 0.713. The summed E-state index contributed by atoms with van der Waals surface area (Å²) in [5.41, 5.74) is 11.5. The lowest BCUT2D eigenvalue weighted by molar-refractivity contribution is 0.100. The lowest BCUT2D eigenvalue weighted by Gasteiger charge is -2.10. The van der Waals surface area contributed by atoms with Crippen LogP contribution in [0.3, 0.4) is 0 Å². The van der Waals surface area contributed by atoms with E-state index in [1.807, 2.05) is 0 Å². The summed E-state index contributed by atoms with van der Waals surface area (Å²) >= 11 is 3.20. The summed E-state index contributed by atoms with van der Waals surface area (Å²) < 4.78 is 27.6. The Morgan fingerprint density at radius 1 is 1.10 bits per heavy atom. The van der Waals surface area contributed by atoms with Gasteiger partial charge in [-0.05, 0) is 42.5 Å². The van der Waals surface area contributed by atoms with Gasteiger partial charge in [-0.2, -0.15) is 0 Å². The summed E-state index contributed by atoms with van der Waals surface area (Å²) in [6.07, 6.45) is 0. The number of amides is 1. The summed E-state index contributed by atoms with van der Waals surface area (Å²) in [7, 11) is -3.82. The Hall–Kier alpha value is -2.06. The highest BCUT2D eigenvalue weighted by molar-refractivity contribution is 9.10. The number of halogens is 1. The van der Waals surface area contributed by atoms with E-state index in [0.29, 0.717) is 15.7 Å². The minimum absolute atomic E-state index is 0.0316. The van der Waals surface area contributed by atoms with Gasteiger partial charge in [0.1, 0.15) is 4.90 Å². The Morgan fingerprint density at radius 3 is 2.29 bits per heavy atom. The third-order valence-electron chi connectivity index (χ3n) is 2.69. The fraction of sp³-hybridized carbons (Fsp3) is 0. The number of hydrogen-bond acceptors (Lipinski definition) is 4. The van der Waals surface area contributed by atoms with Crippen molar-refractivity contribution < 1.29 is 13.2 Å². The maximum absolute atomic E-state index is 12.3. The number of carbonyl (C=O) groups excluding carboxylic acids is 1. The Labute approximate surface area is 130 Å². The largest absolute Gasteiger partial charge is 0.398 e. The molecule has 5 N–H and O–H groups in total. The monoisotopic (exact) mass is 369 g/mol. The number of carbonyl (C=O) groups is 1. The number of anilines is 2. The number of rotatable bonds is 4. The van der Waals surface area contributed by atoms with Crippen molar-refractivity contribution in [3.63, 3.8) is 0 Å². The van der Waals surface area contributed by atoms with Crippen molar-refractivity contribution in [1.29, 1.82) is 0 Å². The molecule has 0 atom stereocenters. The number of nitrogens with two attached hydrogens (primary N) is 2. The minimum Gasteiger partial charge on any atom is -0.398 e. The predicted octanol–water partition coefficient (Wildman–Crippen LogP) is 1.93. The number of sulfonamides is 1. The molecule has 110 valence electrons. The molecule has 0 saturated carbocycles. The van der Waals surface area contributed by atoms with E-state index in [0.717, 1.165) is 0 Å². The van der Waals surface area contributed by atoms with Crippen LogP contribution in [0.1, 0.15) is 10.4 Å². The number of nitrogens with one attached hydrogen (secondary N) is 1. The van der Waals surface area contributed by atoms with E-state index >= 15 is 0 Å². The third kappa shape index (κ3) is 3.53. The summed E-state index contributed by atoms with van der Waals surface area (Å²) in [6, 6.07) is 10.3. The van der Waals surface area contributed by atoms with Crippen LogP contribution in [0.15, 0.2) is 51.8 Å². The van der Waals surface area contributed by atoms with Crippen LogP contribution in [-0.4, -0.2) is 14.3 Å². The van der Waals surface area contributed by atoms with Gasteiger partial charge in [-0.1, -0.05) is 15.9 Å². The first-order chi connectivity index (χ1) is 9.79. The third-order valence-corrected chi connectivity index (χ3v) is 4.62. The van der Waals surface area contributed by atoms with E-state index in [-0.39, 0.29) is 10.6 Å². The van der Waals surface area contributed by atoms with Crippen molar-refractivity contribution in [3.8, 4) is 0 Å². The fourth-order valence-corrected chi connectivity index (χ4v) is 3.38. The highest BCUT2D eigenvalue weighted by Gasteiger charge is 2.18. The number of hydrogen-bond donors (Lipinski definition) is 3. The van der Waals surface area contributed by atoms with Gasteiger partial charge in [0.05, 0.1) is 5.69 Å². The average molecular weight is 370 g/mol. The maximum atomic E-state index is 12.3. The zero-order valence-electron chi connectivity index (χ0n) is 10.7. The van der Waals surface area contributed by atoms with Crippen molar-refractivity contribution in [2.75, 3.05) is 10.5 Å². The molecule has 6 nitrogen and oxygen atoms in total. The van der Waals surface area contributed by atoms with E-state index in [1.165, 1.54) is 36.4 Å². The number of benzene rings is 2. The van der Waals surface area contributed by atoms with E-state index in [2.05, 4.69) is 20.7 Å². The molecule has 0 aliphatic carbocycles. The van der Waals surface area contributed by atoms with Gasteiger partial charge < -0.3 is 11.5 Å². The van der Waals surface area contributed by atoms with Crippen LogP contribution in [0.5, 0.6) is 0 Å². The first-order valence-corrected chi connectivity index (χ1v) is 8.05. The normalized spacial score (nSPS) is 11.1. The molecule has 8 heteroatoms. The molecule has 2 aromatic rings. The maximum Gasteiger partial charge on any atom is 0.263 e. The van der Waals surface area contributed by atoms with E-state index in [4.69, 9.17) is 11.5 Å². The molecule has 0 fully saturated rings. The molecule has 0 spiro atoms. The second-order valence-corrected chi connectivity index (χ2v) is 6.80. The molecule has 2 rings (SSSR count). The summed E-state index contributed by atoms with van der Waals surface area (Å²) in [5, 5.41) is 0. The topological polar surface area (TPSA) is 115 Å². The Balaban J connectivity index is 2.33. The van der Waals surface area contributed by atoms with Crippen LogP contribution in [0.2, 0.25) is 0 Å². The van der Waals surface area contributed by atoms with Gasteiger partial charge in [-0.15, -0.1) is 0 Å². The van der Waals surface area contributed by atoms with Crippen LogP contribution in [0, 0.1) is 0 Å². The van der Waals surface area contributed by atoms with Gasteiger partial charge in [0.15, 0.2) is 0 Å². The van der Waals surface area contributed by atoms with Crippen molar-refractivity contribution in [2.24, 2.45) is 5.73 Å². The number of nitrogen functional groups attached to an aromatic ring is 1. The molecule has 0 saturated heterocycles. The second kappa shape index (κ2) is 5.74. The highest BCUT2D eigenvalue weighted by Crippen LogP contribution is 2.25. The van der Waals surface area contributed by atoms with Gasteiger partial charge in [0.25, 0.3) is 10.0 Å². The second-order valence-electron chi connectivity index (χ2n) is 4.23. The minimum atomic E-state index is -3.82. The highest BCUT2D eigenvalue weighted by atomic mass is 79.9. The number of primary amides is 1. The van der Waals surface area contributed by atoms with E-state index in [9.17, 15) is 13.2 Å². The standard InChI is InChI=1S/C13H12BrN3O3S/c14-9-3-6-11(15)12(7-9)21(19,20)17-10-4-1-8(2-5-10)13(16)18/h1-7,17H,15H2,(H2,16,18). The summed E-state index contributed by atoms with van der Waals surface area (Å²) in [5.74, 6) is -0.583. The molecule has 0 aliphatic rings.